The van der Waals surface area contributed by atoms with Crippen molar-refractivity contribution in [2.24, 2.45) is 0 Å². The molecule has 108 valence electrons. The van der Waals surface area contributed by atoms with Gasteiger partial charge in [0.25, 0.3) is 0 Å². The Bertz CT molecular complexity index is 765. The molecule has 3 aromatic rings. The Morgan fingerprint density at radius 2 is 1.95 bits per heavy atom. The van der Waals surface area contributed by atoms with Gasteiger partial charge in [0.05, 0.1) is 5.60 Å². The lowest BCUT2D eigenvalue weighted by Gasteiger charge is -2.27. The largest absolute Gasteiger partial charge is 0.385 e. The summed E-state index contributed by atoms with van der Waals surface area (Å²) in [5.41, 5.74) is 1.36. The SMILES string of the molecule is CCC(O)(Cc1csc2ccccc12)c1cccc(Br)c1. The van der Waals surface area contributed by atoms with Crippen molar-refractivity contribution < 1.29 is 5.11 Å². The maximum atomic E-state index is 11.1. The fraction of sp³-hybridized carbons (Fsp3) is 0.222. The van der Waals surface area contributed by atoms with Gasteiger partial charge >= 0.3 is 0 Å². The number of rotatable bonds is 4. The summed E-state index contributed by atoms with van der Waals surface area (Å²) < 4.78 is 2.28. The topological polar surface area (TPSA) is 20.2 Å². The van der Waals surface area contributed by atoms with Gasteiger partial charge in [0.1, 0.15) is 0 Å². The van der Waals surface area contributed by atoms with Crippen molar-refractivity contribution in [2.75, 3.05) is 0 Å². The van der Waals surface area contributed by atoms with Crippen molar-refractivity contribution in [3.63, 3.8) is 0 Å². The molecule has 0 fully saturated rings. The summed E-state index contributed by atoms with van der Waals surface area (Å²) in [6.07, 6.45) is 1.33. The van der Waals surface area contributed by atoms with Crippen molar-refractivity contribution in [3.05, 3.63) is 69.5 Å². The van der Waals surface area contributed by atoms with E-state index in [0.717, 1.165) is 10.0 Å². The molecule has 0 amide bonds. The van der Waals surface area contributed by atoms with Crippen LogP contribution in [-0.2, 0) is 12.0 Å². The van der Waals surface area contributed by atoms with Gasteiger partial charge in [-0.1, -0.05) is 53.2 Å². The summed E-state index contributed by atoms with van der Waals surface area (Å²) in [5, 5.41) is 14.6. The smallest absolute Gasteiger partial charge is 0.0935 e. The highest BCUT2D eigenvalue weighted by atomic mass is 79.9. The molecule has 2 aromatic carbocycles. The van der Waals surface area contributed by atoms with Crippen LogP contribution in [0.25, 0.3) is 10.1 Å². The van der Waals surface area contributed by atoms with Crippen molar-refractivity contribution in [1.29, 1.82) is 0 Å². The van der Waals surface area contributed by atoms with E-state index in [1.807, 2.05) is 31.2 Å². The molecular formula is C18H17BrOS. The molecule has 21 heavy (non-hydrogen) atoms. The summed E-state index contributed by atoms with van der Waals surface area (Å²) in [4.78, 5) is 0. The van der Waals surface area contributed by atoms with Crippen LogP contribution in [0.2, 0.25) is 0 Å². The quantitative estimate of drug-likeness (QED) is 0.650. The van der Waals surface area contributed by atoms with Crippen LogP contribution < -0.4 is 0 Å². The molecule has 1 unspecified atom stereocenters. The van der Waals surface area contributed by atoms with Crippen LogP contribution in [0.3, 0.4) is 0 Å². The van der Waals surface area contributed by atoms with E-state index >= 15 is 0 Å². The third-order valence-electron chi connectivity index (χ3n) is 3.99. The van der Waals surface area contributed by atoms with E-state index in [2.05, 4.69) is 45.6 Å². The number of hydrogen-bond donors (Lipinski definition) is 1. The van der Waals surface area contributed by atoms with Gasteiger partial charge < -0.3 is 5.11 Å². The Kier molecular flexibility index (Phi) is 4.16. The fourth-order valence-corrected chi connectivity index (χ4v) is 4.06. The van der Waals surface area contributed by atoms with Gasteiger partial charge in [-0.25, -0.2) is 0 Å². The Morgan fingerprint density at radius 1 is 1.14 bits per heavy atom. The lowest BCUT2D eigenvalue weighted by atomic mass is 9.85. The molecule has 1 nitrogen and oxygen atoms in total. The van der Waals surface area contributed by atoms with E-state index in [9.17, 15) is 5.11 Å². The number of benzene rings is 2. The van der Waals surface area contributed by atoms with Gasteiger partial charge in [0.2, 0.25) is 0 Å². The Balaban J connectivity index is 2.00. The predicted octanol–water partition coefficient (Wildman–Crippen LogP) is 5.50. The molecule has 0 saturated carbocycles. The lowest BCUT2D eigenvalue weighted by molar-refractivity contribution is 0.0331. The first-order valence-corrected chi connectivity index (χ1v) is 8.73. The summed E-state index contributed by atoms with van der Waals surface area (Å²) in [6, 6.07) is 16.4. The second-order valence-corrected chi connectivity index (χ2v) is 7.16. The molecule has 1 N–H and O–H groups in total. The average Bonchev–Trinajstić information content (AvgIpc) is 2.90. The maximum Gasteiger partial charge on any atom is 0.0935 e. The highest BCUT2D eigenvalue weighted by Crippen LogP contribution is 2.35. The van der Waals surface area contributed by atoms with Gasteiger partial charge in [-0.2, -0.15) is 0 Å². The zero-order chi connectivity index (χ0) is 14.9. The molecule has 0 aliphatic carbocycles. The first kappa shape index (κ1) is 14.8. The molecule has 0 aliphatic heterocycles. The predicted molar refractivity (Wildman–Crippen MR) is 93.9 cm³/mol. The van der Waals surface area contributed by atoms with Crippen LogP contribution in [0.1, 0.15) is 24.5 Å². The van der Waals surface area contributed by atoms with Gasteiger partial charge in [0.15, 0.2) is 0 Å². The number of halogens is 1. The molecule has 0 radical (unpaired) electrons. The van der Waals surface area contributed by atoms with Crippen molar-refractivity contribution in [2.45, 2.75) is 25.4 Å². The van der Waals surface area contributed by atoms with Gasteiger partial charge in [-0.05, 0) is 46.5 Å². The summed E-state index contributed by atoms with van der Waals surface area (Å²) in [6.45, 7) is 2.04. The summed E-state index contributed by atoms with van der Waals surface area (Å²) >= 11 is 5.24. The Morgan fingerprint density at radius 3 is 2.71 bits per heavy atom. The molecule has 1 heterocycles. The zero-order valence-corrected chi connectivity index (χ0v) is 14.2. The van der Waals surface area contributed by atoms with Gasteiger partial charge in [0, 0.05) is 15.6 Å². The molecule has 0 saturated heterocycles. The summed E-state index contributed by atoms with van der Waals surface area (Å²) in [5.74, 6) is 0. The third-order valence-corrected chi connectivity index (χ3v) is 5.50. The highest BCUT2D eigenvalue weighted by Gasteiger charge is 2.28. The first-order valence-electron chi connectivity index (χ1n) is 7.06. The van der Waals surface area contributed by atoms with Crippen molar-refractivity contribution in [3.8, 4) is 0 Å². The minimum Gasteiger partial charge on any atom is -0.385 e. The normalized spacial score (nSPS) is 14.2. The zero-order valence-electron chi connectivity index (χ0n) is 11.8. The van der Waals surface area contributed by atoms with Gasteiger partial charge in [-0.15, -0.1) is 11.3 Å². The van der Waals surface area contributed by atoms with E-state index in [-0.39, 0.29) is 0 Å². The lowest BCUT2D eigenvalue weighted by Crippen LogP contribution is -2.27. The minimum atomic E-state index is -0.826. The second kappa shape index (κ2) is 5.91. The van der Waals surface area contributed by atoms with E-state index in [1.54, 1.807) is 11.3 Å². The Hall–Kier alpha value is -1.16. The third kappa shape index (κ3) is 2.91. The number of aliphatic hydroxyl groups is 1. The van der Waals surface area contributed by atoms with Crippen molar-refractivity contribution in [1.82, 2.24) is 0 Å². The van der Waals surface area contributed by atoms with Gasteiger partial charge in [-0.3, -0.25) is 0 Å². The van der Waals surface area contributed by atoms with E-state index in [4.69, 9.17) is 0 Å². The van der Waals surface area contributed by atoms with Crippen LogP contribution in [0.5, 0.6) is 0 Å². The number of thiophene rings is 1. The van der Waals surface area contributed by atoms with Crippen LogP contribution in [-0.4, -0.2) is 5.11 Å². The molecular weight excluding hydrogens is 344 g/mol. The number of hydrogen-bond acceptors (Lipinski definition) is 2. The van der Waals surface area contributed by atoms with E-state index in [0.29, 0.717) is 12.8 Å². The van der Waals surface area contributed by atoms with E-state index in [1.165, 1.54) is 15.6 Å². The van der Waals surface area contributed by atoms with Crippen LogP contribution in [0, 0.1) is 0 Å². The second-order valence-electron chi connectivity index (χ2n) is 5.33. The Labute approximate surface area is 137 Å². The molecule has 1 aromatic heterocycles. The minimum absolute atomic E-state index is 0.643. The molecule has 1 atom stereocenters. The van der Waals surface area contributed by atoms with Crippen molar-refractivity contribution >= 4 is 37.4 Å². The van der Waals surface area contributed by atoms with Crippen LogP contribution in [0.4, 0.5) is 0 Å². The molecule has 3 rings (SSSR count). The first-order chi connectivity index (χ1) is 10.1. The van der Waals surface area contributed by atoms with E-state index < -0.39 is 5.60 Å². The summed E-state index contributed by atoms with van der Waals surface area (Å²) in [7, 11) is 0. The maximum absolute atomic E-state index is 11.1. The highest BCUT2D eigenvalue weighted by molar-refractivity contribution is 9.10. The average molecular weight is 361 g/mol. The monoisotopic (exact) mass is 360 g/mol. The molecule has 0 aliphatic rings. The standard InChI is InChI=1S/C18H17BrOS/c1-2-18(20,14-6-5-7-15(19)10-14)11-13-12-21-17-9-4-3-8-16(13)17/h3-10,12,20H,2,11H2,1H3. The molecule has 0 bridgehead atoms. The molecule has 3 heteroatoms. The number of fused-ring (bicyclic) bond motifs is 1. The fourth-order valence-electron chi connectivity index (χ4n) is 2.69. The molecule has 0 spiro atoms. The van der Waals surface area contributed by atoms with Crippen LogP contribution >= 0.6 is 27.3 Å². The van der Waals surface area contributed by atoms with Crippen LogP contribution in [0.15, 0.2) is 58.4 Å².